The Hall–Kier alpha value is -3.56. The minimum absolute atomic E-state index is 0.0159. The number of hydrogen-bond donors (Lipinski definition) is 1. The van der Waals surface area contributed by atoms with E-state index in [2.05, 4.69) is 5.32 Å². The number of para-hydroxylation sites is 1. The lowest BCUT2D eigenvalue weighted by Gasteiger charge is -2.32. The summed E-state index contributed by atoms with van der Waals surface area (Å²) in [6.07, 6.45) is 0. The summed E-state index contributed by atoms with van der Waals surface area (Å²) in [6.45, 7) is 5.55. The summed E-state index contributed by atoms with van der Waals surface area (Å²) < 4.78 is 33.7. The van der Waals surface area contributed by atoms with E-state index in [1.165, 1.54) is 17.0 Å². The van der Waals surface area contributed by atoms with Gasteiger partial charge in [-0.2, -0.15) is 0 Å². The maximum absolute atomic E-state index is 13.9. The van der Waals surface area contributed by atoms with Crippen LogP contribution in [0.4, 0.5) is 5.69 Å². The van der Waals surface area contributed by atoms with Crippen LogP contribution in [0, 0.1) is 5.92 Å². The number of halogens is 1. The van der Waals surface area contributed by atoms with E-state index in [0.717, 1.165) is 9.87 Å². The average molecular weight is 572 g/mol. The van der Waals surface area contributed by atoms with E-state index in [9.17, 15) is 18.0 Å². The second-order valence-corrected chi connectivity index (χ2v) is 11.7. The van der Waals surface area contributed by atoms with Gasteiger partial charge in [0.25, 0.3) is 10.0 Å². The number of sulfonamides is 1. The third-order valence-electron chi connectivity index (χ3n) is 6.10. The second kappa shape index (κ2) is 13.5. The van der Waals surface area contributed by atoms with Crippen LogP contribution >= 0.6 is 11.6 Å². The number of nitrogens with one attached hydrogen (secondary N) is 1. The highest BCUT2D eigenvalue weighted by Crippen LogP contribution is 2.30. The zero-order chi connectivity index (χ0) is 28.6. The summed E-state index contributed by atoms with van der Waals surface area (Å²) >= 11 is 6.41. The lowest BCUT2D eigenvalue weighted by atomic mass is 10.1. The van der Waals surface area contributed by atoms with Gasteiger partial charge in [-0.3, -0.25) is 13.9 Å². The molecule has 0 bridgehead atoms. The minimum Gasteiger partial charge on any atom is -0.497 e. The smallest absolute Gasteiger partial charge is 0.264 e. The van der Waals surface area contributed by atoms with E-state index < -0.39 is 28.5 Å². The topological polar surface area (TPSA) is 96.0 Å². The number of nitrogens with zero attached hydrogens (tertiary/aromatic N) is 2. The number of amides is 2. The standard InChI is InChI=1S/C29H34ClN3O5S/c1-21(2)18-31-29(35)22(3)32(19-23-14-16-24(38-4)17-15-23)28(34)20-33(27-13-9-8-12-26(27)30)39(36,37)25-10-6-5-7-11-25/h5-17,21-22H,18-20H2,1-4H3,(H,31,35)/t22-/m0/s1. The van der Waals surface area contributed by atoms with E-state index in [1.54, 1.807) is 80.8 Å². The molecule has 1 atom stereocenters. The molecule has 0 radical (unpaired) electrons. The van der Waals surface area contributed by atoms with Crippen molar-refractivity contribution in [1.29, 1.82) is 0 Å². The van der Waals surface area contributed by atoms with Crippen LogP contribution in [-0.4, -0.2) is 51.4 Å². The number of anilines is 1. The van der Waals surface area contributed by atoms with Gasteiger partial charge in [-0.05, 0) is 54.8 Å². The molecule has 0 saturated carbocycles. The van der Waals surface area contributed by atoms with Gasteiger partial charge in [-0.15, -0.1) is 0 Å². The van der Waals surface area contributed by atoms with Crippen molar-refractivity contribution in [1.82, 2.24) is 10.2 Å². The van der Waals surface area contributed by atoms with E-state index >= 15 is 0 Å². The summed E-state index contributed by atoms with van der Waals surface area (Å²) in [4.78, 5) is 28.3. The van der Waals surface area contributed by atoms with Crippen molar-refractivity contribution in [2.24, 2.45) is 5.92 Å². The number of carbonyl (C=O) groups excluding carboxylic acids is 2. The predicted molar refractivity (Wildman–Crippen MR) is 153 cm³/mol. The summed E-state index contributed by atoms with van der Waals surface area (Å²) in [5.74, 6) is -0.0185. The zero-order valence-corrected chi connectivity index (χ0v) is 24.1. The molecule has 3 aromatic carbocycles. The van der Waals surface area contributed by atoms with Crippen LogP contribution in [0.25, 0.3) is 0 Å². The largest absolute Gasteiger partial charge is 0.497 e. The molecule has 0 aliphatic heterocycles. The Kier molecular flexibility index (Phi) is 10.4. The third kappa shape index (κ3) is 7.74. The van der Waals surface area contributed by atoms with Gasteiger partial charge in [0.05, 0.1) is 22.7 Å². The Morgan fingerprint density at radius 2 is 1.54 bits per heavy atom. The molecule has 0 saturated heterocycles. The van der Waals surface area contributed by atoms with E-state index in [4.69, 9.17) is 16.3 Å². The summed E-state index contributed by atoms with van der Waals surface area (Å²) in [5.41, 5.74) is 0.917. The molecule has 0 aromatic heterocycles. The highest BCUT2D eigenvalue weighted by molar-refractivity contribution is 7.92. The molecule has 0 heterocycles. The molecule has 0 aliphatic carbocycles. The lowest BCUT2D eigenvalue weighted by Crippen LogP contribution is -2.51. The van der Waals surface area contributed by atoms with Gasteiger partial charge < -0.3 is 15.0 Å². The van der Waals surface area contributed by atoms with Crippen molar-refractivity contribution in [3.8, 4) is 5.75 Å². The van der Waals surface area contributed by atoms with Gasteiger partial charge in [0.1, 0.15) is 18.3 Å². The molecule has 0 aliphatic rings. The van der Waals surface area contributed by atoms with Gasteiger partial charge in [0.15, 0.2) is 0 Å². The van der Waals surface area contributed by atoms with E-state index in [0.29, 0.717) is 12.3 Å². The van der Waals surface area contributed by atoms with Gasteiger partial charge in [0.2, 0.25) is 11.8 Å². The first-order chi connectivity index (χ1) is 18.5. The van der Waals surface area contributed by atoms with Crippen LogP contribution < -0.4 is 14.4 Å². The van der Waals surface area contributed by atoms with E-state index in [-0.39, 0.29) is 34.0 Å². The Bertz CT molecular complexity index is 1370. The Labute approximate surface area is 235 Å². The molecule has 8 nitrogen and oxygen atoms in total. The predicted octanol–water partition coefficient (Wildman–Crippen LogP) is 4.73. The molecule has 1 N–H and O–H groups in total. The maximum Gasteiger partial charge on any atom is 0.264 e. The third-order valence-corrected chi connectivity index (χ3v) is 8.19. The quantitative estimate of drug-likeness (QED) is 0.339. The van der Waals surface area contributed by atoms with Crippen molar-refractivity contribution >= 4 is 39.1 Å². The van der Waals surface area contributed by atoms with Crippen LogP contribution in [0.5, 0.6) is 5.75 Å². The van der Waals surface area contributed by atoms with Crippen LogP contribution in [0.3, 0.4) is 0 Å². The second-order valence-electron chi connectivity index (χ2n) is 9.46. The molecule has 2 amide bonds. The van der Waals surface area contributed by atoms with Crippen molar-refractivity contribution in [2.75, 3.05) is 24.5 Å². The minimum atomic E-state index is -4.17. The normalized spacial score (nSPS) is 12.1. The molecule has 10 heteroatoms. The number of ether oxygens (including phenoxy) is 1. The number of carbonyl (C=O) groups is 2. The maximum atomic E-state index is 13.9. The van der Waals surface area contributed by atoms with Crippen molar-refractivity contribution in [3.05, 3.63) is 89.4 Å². The first kappa shape index (κ1) is 30.0. The lowest BCUT2D eigenvalue weighted by molar-refractivity contribution is -0.139. The molecular weight excluding hydrogens is 538 g/mol. The molecule has 0 unspecified atom stereocenters. The fourth-order valence-corrected chi connectivity index (χ4v) is 5.59. The summed E-state index contributed by atoms with van der Waals surface area (Å²) in [6, 6.07) is 20.5. The monoisotopic (exact) mass is 571 g/mol. The van der Waals surface area contributed by atoms with Crippen LogP contribution in [0.1, 0.15) is 26.3 Å². The molecule has 3 rings (SSSR count). The number of hydrogen-bond acceptors (Lipinski definition) is 5. The Morgan fingerprint density at radius 1 is 0.923 bits per heavy atom. The number of benzene rings is 3. The first-order valence-corrected chi connectivity index (χ1v) is 14.4. The molecule has 208 valence electrons. The van der Waals surface area contributed by atoms with Gasteiger partial charge >= 0.3 is 0 Å². The van der Waals surface area contributed by atoms with E-state index in [1.807, 2.05) is 13.8 Å². The van der Waals surface area contributed by atoms with Crippen molar-refractivity contribution in [3.63, 3.8) is 0 Å². The summed E-state index contributed by atoms with van der Waals surface area (Å²) in [5, 5.41) is 3.04. The van der Waals surface area contributed by atoms with Gasteiger partial charge in [-0.1, -0.05) is 67.9 Å². The highest BCUT2D eigenvalue weighted by atomic mass is 35.5. The van der Waals surface area contributed by atoms with Gasteiger partial charge in [0, 0.05) is 13.1 Å². The Morgan fingerprint density at radius 3 is 2.13 bits per heavy atom. The van der Waals surface area contributed by atoms with Gasteiger partial charge in [-0.25, -0.2) is 8.42 Å². The van der Waals surface area contributed by atoms with Crippen LogP contribution in [0.2, 0.25) is 5.02 Å². The first-order valence-electron chi connectivity index (χ1n) is 12.6. The summed E-state index contributed by atoms with van der Waals surface area (Å²) in [7, 11) is -2.61. The number of methoxy groups -OCH3 is 1. The zero-order valence-electron chi connectivity index (χ0n) is 22.5. The highest BCUT2D eigenvalue weighted by Gasteiger charge is 2.33. The fourth-order valence-electron chi connectivity index (χ4n) is 3.85. The molecule has 3 aromatic rings. The Balaban J connectivity index is 2.00. The van der Waals surface area contributed by atoms with Crippen LogP contribution in [0.15, 0.2) is 83.8 Å². The fraction of sp³-hybridized carbons (Fsp3) is 0.310. The SMILES string of the molecule is COc1ccc(CN(C(=O)CN(c2ccccc2Cl)S(=O)(=O)c2ccccc2)[C@@H](C)C(=O)NCC(C)C)cc1. The van der Waals surface area contributed by atoms with Crippen molar-refractivity contribution in [2.45, 2.75) is 38.3 Å². The molecule has 0 fully saturated rings. The molecular formula is C29H34ClN3O5S. The van der Waals surface area contributed by atoms with Crippen LogP contribution in [-0.2, 0) is 26.2 Å². The number of rotatable bonds is 12. The molecule has 39 heavy (non-hydrogen) atoms. The average Bonchev–Trinajstić information content (AvgIpc) is 2.94. The molecule has 0 spiro atoms. The van der Waals surface area contributed by atoms with Crippen molar-refractivity contribution < 1.29 is 22.7 Å².